The van der Waals surface area contributed by atoms with Gasteiger partial charge in [-0.15, -0.1) is 0 Å². The summed E-state index contributed by atoms with van der Waals surface area (Å²) in [5, 5.41) is 13.6. The standard InChI is InChI=1S/C17H19N3O6/c1-11(14-8-13(25-2)5-6-15(14)26-3)18-16(21)10-19-9-12(20(23)24)4-7-17(19)22/h4-9,11H,10H2,1-3H3,(H,18,21)/t11-/m1/s1. The van der Waals surface area contributed by atoms with E-state index in [0.717, 1.165) is 22.9 Å². The molecule has 0 radical (unpaired) electrons. The fourth-order valence-corrected chi connectivity index (χ4v) is 2.45. The first kappa shape index (κ1) is 19.0. The lowest BCUT2D eigenvalue weighted by Gasteiger charge is -2.18. The summed E-state index contributed by atoms with van der Waals surface area (Å²) in [6.07, 6.45) is 1.04. The molecule has 0 saturated heterocycles. The Morgan fingerprint density at radius 2 is 2.00 bits per heavy atom. The molecule has 1 aromatic heterocycles. The molecule has 2 rings (SSSR count). The zero-order valence-corrected chi connectivity index (χ0v) is 14.6. The molecule has 1 aromatic carbocycles. The van der Waals surface area contributed by atoms with Gasteiger partial charge < -0.3 is 14.8 Å². The van der Waals surface area contributed by atoms with E-state index in [1.807, 2.05) is 0 Å². The van der Waals surface area contributed by atoms with Gasteiger partial charge in [-0.25, -0.2) is 0 Å². The Morgan fingerprint density at radius 3 is 2.62 bits per heavy atom. The fourth-order valence-electron chi connectivity index (χ4n) is 2.45. The SMILES string of the molecule is COc1ccc(OC)c([C@@H](C)NC(=O)Cn2cc([N+](=O)[O-])ccc2=O)c1. The fraction of sp³-hybridized carbons (Fsp3) is 0.294. The number of amides is 1. The topological polar surface area (TPSA) is 113 Å². The molecular weight excluding hydrogens is 342 g/mol. The number of carbonyl (C=O) groups excluding carboxylic acids is 1. The summed E-state index contributed by atoms with van der Waals surface area (Å²) in [6.45, 7) is 1.42. The van der Waals surface area contributed by atoms with Crippen LogP contribution in [0.2, 0.25) is 0 Å². The maximum atomic E-state index is 12.3. The van der Waals surface area contributed by atoms with Crippen LogP contribution in [0, 0.1) is 10.1 Å². The molecule has 1 heterocycles. The molecule has 0 fully saturated rings. The lowest BCUT2D eigenvalue weighted by molar-refractivity contribution is -0.385. The molecule has 1 atom stereocenters. The van der Waals surface area contributed by atoms with Crippen molar-refractivity contribution in [1.29, 1.82) is 0 Å². The minimum atomic E-state index is -0.627. The van der Waals surface area contributed by atoms with E-state index in [0.29, 0.717) is 17.1 Å². The summed E-state index contributed by atoms with van der Waals surface area (Å²) in [5.41, 5.74) is -0.0659. The summed E-state index contributed by atoms with van der Waals surface area (Å²) >= 11 is 0. The van der Waals surface area contributed by atoms with Gasteiger partial charge in [-0.1, -0.05) is 0 Å². The molecule has 26 heavy (non-hydrogen) atoms. The Kier molecular flexibility index (Phi) is 5.94. The number of benzene rings is 1. The van der Waals surface area contributed by atoms with E-state index in [1.54, 1.807) is 25.1 Å². The number of nitro groups is 1. The van der Waals surface area contributed by atoms with Crippen LogP contribution in [-0.4, -0.2) is 29.6 Å². The monoisotopic (exact) mass is 361 g/mol. The number of ether oxygens (including phenoxy) is 2. The van der Waals surface area contributed by atoms with Gasteiger partial charge in [0, 0.05) is 17.7 Å². The molecule has 138 valence electrons. The van der Waals surface area contributed by atoms with Crippen molar-refractivity contribution in [2.75, 3.05) is 14.2 Å². The summed E-state index contributed by atoms with van der Waals surface area (Å²) in [7, 11) is 3.05. The van der Waals surface area contributed by atoms with Gasteiger partial charge in [0.15, 0.2) is 0 Å². The number of nitrogens with one attached hydrogen (secondary N) is 1. The van der Waals surface area contributed by atoms with E-state index in [-0.39, 0.29) is 12.2 Å². The number of methoxy groups -OCH3 is 2. The van der Waals surface area contributed by atoms with Gasteiger partial charge in [0.1, 0.15) is 18.0 Å². The summed E-state index contributed by atoms with van der Waals surface area (Å²) in [4.78, 5) is 34.2. The van der Waals surface area contributed by atoms with Crippen molar-refractivity contribution in [3.8, 4) is 11.5 Å². The number of carbonyl (C=O) groups is 1. The highest BCUT2D eigenvalue weighted by Crippen LogP contribution is 2.29. The van der Waals surface area contributed by atoms with Gasteiger partial charge in [0.05, 0.1) is 31.4 Å². The first-order valence-corrected chi connectivity index (χ1v) is 7.72. The Labute approximate surface area is 149 Å². The van der Waals surface area contributed by atoms with Crippen molar-refractivity contribution in [3.05, 3.63) is 62.6 Å². The zero-order valence-electron chi connectivity index (χ0n) is 14.6. The van der Waals surface area contributed by atoms with Crippen LogP contribution in [0.1, 0.15) is 18.5 Å². The van der Waals surface area contributed by atoms with Crippen LogP contribution in [0.25, 0.3) is 0 Å². The van der Waals surface area contributed by atoms with Gasteiger partial charge in [-0.05, 0) is 25.1 Å². The van der Waals surface area contributed by atoms with Crippen LogP contribution in [0.4, 0.5) is 5.69 Å². The zero-order chi connectivity index (χ0) is 19.3. The largest absolute Gasteiger partial charge is 0.497 e. The molecule has 0 saturated carbocycles. The number of rotatable bonds is 7. The van der Waals surface area contributed by atoms with Crippen molar-refractivity contribution in [2.45, 2.75) is 19.5 Å². The highest BCUT2D eigenvalue weighted by atomic mass is 16.6. The molecule has 9 heteroatoms. The predicted octanol–water partition coefficient (Wildman–Crippen LogP) is 1.65. The third-order valence-electron chi connectivity index (χ3n) is 3.77. The minimum Gasteiger partial charge on any atom is -0.497 e. The summed E-state index contributed by atoms with van der Waals surface area (Å²) in [5.74, 6) is 0.716. The smallest absolute Gasteiger partial charge is 0.285 e. The van der Waals surface area contributed by atoms with E-state index in [9.17, 15) is 19.7 Å². The molecule has 0 aliphatic carbocycles. The third kappa shape index (κ3) is 4.38. The van der Waals surface area contributed by atoms with E-state index in [4.69, 9.17) is 9.47 Å². The summed E-state index contributed by atoms with van der Waals surface area (Å²) in [6, 6.07) is 6.92. The highest BCUT2D eigenvalue weighted by molar-refractivity contribution is 5.76. The van der Waals surface area contributed by atoms with E-state index in [2.05, 4.69) is 5.32 Å². The number of hydrogen-bond acceptors (Lipinski definition) is 6. The molecule has 0 unspecified atom stereocenters. The van der Waals surface area contributed by atoms with Crippen LogP contribution >= 0.6 is 0 Å². The van der Waals surface area contributed by atoms with E-state index in [1.165, 1.54) is 14.2 Å². The molecule has 1 N–H and O–H groups in total. The quantitative estimate of drug-likeness (QED) is 0.593. The van der Waals surface area contributed by atoms with Crippen LogP contribution in [0.3, 0.4) is 0 Å². The lowest BCUT2D eigenvalue weighted by atomic mass is 10.1. The molecule has 0 aliphatic rings. The number of aromatic nitrogens is 1. The molecule has 0 bridgehead atoms. The van der Waals surface area contributed by atoms with Gasteiger partial charge >= 0.3 is 0 Å². The molecule has 2 aromatic rings. The molecule has 1 amide bonds. The average molecular weight is 361 g/mol. The van der Waals surface area contributed by atoms with Gasteiger partial charge in [0.25, 0.3) is 11.2 Å². The molecule has 0 spiro atoms. The first-order valence-electron chi connectivity index (χ1n) is 7.72. The van der Waals surface area contributed by atoms with E-state index >= 15 is 0 Å². The Morgan fingerprint density at radius 1 is 1.27 bits per heavy atom. The second-order valence-corrected chi connectivity index (χ2v) is 5.51. The Bertz CT molecular complexity index is 877. The van der Waals surface area contributed by atoms with Crippen LogP contribution < -0.4 is 20.3 Å². The lowest BCUT2D eigenvalue weighted by Crippen LogP contribution is -2.33. The maximum absolute atomic E-state index is 12.3. The minimum absolute atomic E-state index is 0.264. The second-order valence-electron chi connectivity index (χ2n) is 5.51. The van der Waals surface area contributed by atoms with Gasteiger partial charge in [-0.3, -0.25) is 24.3 Å². The third-order valence-corrected chi connectivity index (χ3v) is 3.77. The summed E-state index contributed by atoms with van der Waals surface area (Å²) < 4.78 is 11.5. The molecular formula is C17H19N3O6. The van der Waals surface area contributed by atoms with Crippen LogP contribution in [0.5, 0.6) is 11.5 Å². The normalized spacial score (nSPS) is 11.5. The Hall–Kier alpha value is -3.36. The van der Waals surface area contributed by atoms with Crippen LogP contribution in [-0.2, 0) is 11.3 Å². The van der Waals surface area contributed by atoms with Crippen molar-refractivity contribution < 1.29 is 19.2 Å². The van der Waals surface area contributed by atoms with Gasteiger partial charge in [0.2, 0.25) is 5.91 Å². The van der Waals surface area contributed by atoms with Crippen molar-refractivity contribution >= 4 is 11.6 Å². The van der Waals surface area contributed by atoms with Crippen molar-refractivity contribution in [2.24, 2.45) is 0 Å². The molecule has 0 aliphatic heterocycles. The van der Waals surface area contributed by atoms with E-state index < -0.39 is 22.4 Å². The first-order chi connectivity index (χ1) is 12.3. The second kappa shape index (κ2) is 8.15. The van der Waals surface area contributed by atoms with Gasteiger partial charge in [-0.2, -0.15) is 0 Å². The van der Waals surface area contributed by atoms with Crippen molar-refractivity contribution in [3.63, 3.8) is 0 Å². The predicted molar refractivity (Wildman–Crippen MR) is 93.5 cm³/mol. The number of nitrogens with zero attached hydrogens (tertiary/aromatic N) is 2. The average Bonchev–Trinajstić information content (AvgIpc) is 2.62. The number of pyridine rings is 1. The van der Waals surface area contributed by atoms with Crippen LogP contribution in [0.15, 0.2) is 41.3 Å². The number of hydrogen-bond donors (Lipinski definition) is 1. The molecule has 9 nitrogen and oxygen atoms in total. The maximum Gasteiger partial charge on any atom is 0.285 e. The Balaban J connectivity index is 2.17. The highest BCUT2D eigenvalue weighted by Gasteiger charge is 2.17. The van der Waals surface area contributed by atoms with Crippen molar-refractivity contribution in [1.82, 2.24) is 9.88 Å².